The molecule has 0 radical (unpaired) electrons. The van der Waals surface area contributed by atoms with E-state index in [1.165, 1.54) is 5.56 Å². The maximum absolute atomic E-state index is 12.5. The van der Waals surface area contributed by atoms with Gasteiger partial charge in [-0.25, -0.2) is 4.98 Å². The maximum atomic E-state index is 12.5. The van der Waals surface area contributed by atoms with Gasteiger partial charge in [-0.3, -0.25) is 4.79 Å². The zero-order chi connectivity index (χ0) is 23.2. The highest BCUT2D eigenvalue weighted by atomic mass is 16.5. The summed E-state index contributed by atoms with van der Waals surface area (Å²) in [7, 11) is 1.62. The first-order valence-corrected chi connectivity index (χ1v) is 10.7. The number of carbonyl (C=O) groups is 1. The smallest absolute Gasteiger partial charge is 0.251 e. The van der Waals surface area contributed by atoms with Crippen LogP contribution in [-0.4, -0.2) is 18.0 Å². The van der Waals surface area contributed by atoms with Gasteiger partial charge in [-0.05, 0) is 67.9 Å². The highest BCUT2D eigenvalue weighted by Crippen LogP contribution is 2.23. The number of oxazole rings is 1. The largest absolute Gasteiger partial charge is 0.497 e. The number of amides is 1. The second-order valence-electron chi connectivity index (χ2n) is 7.74. The quantitative estimate of drug-likeness (QED) is 0.391. The van der Waals surface area contributed by atoms with Crippen LogP contribution in [0, 0.1) is 13.8 Å². The molecule has 1 heterocycles. The minimum absolute atomic E-state index is 0.153. The zero-order valence-corrected chi connectivity index (χ0v) is 18.9. The lowest BCUT2D eigenvalue weighted by atomic mass is 10.1. The third-order valence-corrected chi connectivity index (χ3v) is 5.27. The normalized spacial score (nSPS) is 10.6. The topological polar surface area (TPSA) is 73.6 Å². The second-order valence-corrected chi connectivity index (χ2v) is 7.74. The van der Waals surface area contributed by atoms with Gasteiger partial charge in [0.2, 0.25) is 5.89 Å². The van der Waals surface area contributed by atoms with Crippen molar-refractivity contribution in [2.75, 3.05) is 7.11 Å². The van der Waals surface area contributed by atoms with E-state index in [0.717, 1.165) is 28.3 Å². The lowest BCUT2D eigenvalue weighted by Crippen LogP contribution is -2.22. The van der Waals surface area contributed by atoms with Crippen molar-refractivity contribution in [3.63, 3.8) is 0 Å². The predicted molar refractivity (Wildman–Crippen MR) is 126 cm³/mol. The summed E-state index contributed by atoms with van der Waals surface area (Å²) in [5.41, 5.74) is 4.25. The van der Waals surface area contributed by atoms with Gasteiger partial charge in [0.1, 0.15) is 29.6 Å². The van der Waals surface area contributed by atoms with Crippen LogP contribution in [0.3, 0.4) is 0 Å². The molecule has 1 aromatic heterocycles. The first kappa shape index (κ1) is 22.1. The Hall–Kier alpha value is -4.06. The van der Waals surface area contributed by atoms with Crippen LogP contribution in [0.25, 0.3) is 11.5 Å². The van der Waals surface area contributed by atoms with Gasteiger partial charge in [0.05, 0.1) is 7.11 Å². The van der Waals surface area contributed by atoms with E-state index in [1.807, 2.05) is 74.5 Å². The SMILES string of the molecule is COc1cccc(CNC(=O)c2ccc(-c3nc(COc4ccc(C)cc4)c(C)o3)cc2)c1. The number of ether oxygens (including phenoxy) is 2. The molecule has 0 aliphatic carbocycles. The first-order valence-electron chi connectivity index (χ1n) is 10.7. The molecule has 4 aromatic rings. The second kappa shape index (κ2) is 10.0. The fraction of sp³-hybridized carbons (Fsp3) is 0.185. The Bertz CT molecular complexity index is 1230. The number of aromatic nitrogens is 1. The number of carbonyl (C=O) groups excluding carboxylic acids is 1. The number of hydrogen-bond acceptors (Lipinski definition) is 5. The van der Waals surface area contributed by atoms with Crippen LogP contribution in [0.1, 0.15) is 32.9 Å². The first-order chi connectivity index (χ1) is 16.0. The van der Waals surface area contributed by atoms with Gasteiger partial charge in [-0.1, -0.05) is 29.8 Å². The average Bonchev–Trinajstić information content (AvgIpc) is 3.22. The van der Waals surface area contributed by atoms with Crippen molar-refractivity contribution in [2.24, 2.45) is 0 Å². The van der Waals surface area contributed by atoms with E-state index >= 15 is 0 Å². The number of hydrogen-bond donors (Lipinski definition) is 1. The van der Waals surface area contributed by atoms with Crippen molar-refractivity contribution in [1.82, 2.24) is 10.3 Å². The summed E-state index contributed by atoms with van der Waals surface area (Å²) in [6.45, 7) is 4.64. The maximum Gasteiger partial charge on any atom is 0.251 e. The molecule has 4 rings (SSSR count). The van der Waals surface area contributed by atoms with Crippen molar-refractivity contribution in [3.8, 4) is 23.0 Å². The van der Waals surface area contributed by atoms with E-state index in [1.54, 1.807) is 19.2 Å². The molecule has 0 atom stereocenters. The number of rotatable bonds is 8. The molecule has 6 heteroatoms. The van der Waals surface area contributed by atoms with E-state index in [9.17, 15) is 4.79 Å². The Kier molecular flexibility index (Phi) is 6.74. The molecule has 3 aromatic carbocycles. The molecule has 0 aliphatic rings. The monoisotopic (exact) mass is 442 g/mol. The van der Waals surface area contributed by atoms with Gasteiger partial charge in [0.25, 0.3) is 5.91 Å². The minimum Gasteiger partial charge on any atom is -0.497 e. The van der Waals surface area contributed by atoms with Crippen LogP contribution in [-0.2, 0) is 13.2 Å². The third kappa shape index (κ3) is 5.60. The highest BCUT2D eigenvalue weighted by Gasteiger charge is 2.13. The summed E-state index contributed by atoms with van der Waals surface area (Å²) in [5.74, 6) is 2.60. The third-order valence-electron chi connectivity index (χ3n) is 5.27. The molecule has 33 heavy (non-hydrogen) atoms. The van der Waals surface area contributed by atoms with E-state index in [-0.39, 0.29) is 5.91 Å². The number of nitrogens with zero attached hydrogens (tertiary/aromatic N) is 1. The summed E-state index contributed by atoms with van der Waals surface area (Å²) in [4.78, 5) is 17.1. The van der Waals surface area contributed by atoms with Gasteiger partial charge in [-0.2, -0.15) is 0 Å². The summed E-state index contributed by atoms with van der Waals surface area (Å²) in [6, 6.07) is 22.7. The average molecular weight is 443 g/mol. The van der Waals surface area contributed by atoms with Gasteiger partial charge in [0.15, 0.2) is 0 Å². The van der Waals surface area contributed by atoms with Crippen LogP contribution in [0.2, 0.25) is 0 Å². The van der Waals surface area contributed by atoms with Crippen molar-refractivity contribution in [1.29, 1.82) is 0 Å². The molecule has 0 bridgehead atoms. The Labute approximate surface area is 193 Å². The van der Waals surface area contributed by atoms with Crippen LogP contribution in [0.15, 0.2) is 77.2 Å². The molecular formula is C27H26N2O4. The van der Waals surface area contributed by atoms with Crippen LogP contribution in [0.4, 0.5) is 0 Å². The van der Waals surface area contributed by atoms with Gasteiger partial charge < -0.3 is 19.2 Å². The standard InChI is InChI=1S/C27H26N2O4/c1-18-7-13-23(14-8-18)32-17-25-19(2)33-27(29-25)22-11-9-21(10-12-22)26(30)28-16-20-5-4-6-24(15-20)31-3/h4-15H,16-17H2,1-3H3,(H,28,30). The molecule has 168 valence electrons. The van der Waals surface area contributed by atoms with Gasteiger partial charge in [-0.15, -0.1) is 0 Å². The Balaban J connectivity index is 1.37. The fourth-order valence-electron chi connectivity index (χ4n) is 3.30. The Morgan fingerprint density at radius 1 is 0.970 bits per heavy atom. The summed E-state index contributed by atoms with van der Waals surface area (Å²) >= 11 is 0. The minimum atomic E-state index is -0.153. The molecule has 0 saturated carbocycles. The summed E-state index contributed by atoms with van der Waals surface area (Å²) in [6.07, 6.45) is 0. The van der Waals surface area contributed by atoms with Crippen molar-refractivity contribution in [3.05, 3.63) is 101 Å². The zero-order valence-electron chi connectivity index (χ0n) is 18.9. The summed E-state index contributed by atoms with van der Waals surface area (Å²) in [5, 5.41) is 2.92. The van der Waals surface area contributed by atoms with Crippen molar-refractivity contribution in [2.45, 2.75) is 27.0 Å². The lowest BCUT2D eigenvalue weighted by molar-refractivity contribution is 0.0951. The lowest BCUT2D eigenvalue weighted by Gasteiger charge is -2.07. The Morgan fingerprint density at radius 2 is 1.73 bits per heavy atom. The highest BCUT2D eigenvalue weighted by molar-refractivity contribution is 5.94. The molecule has 0 aliphatic heterocycles. The molecule has 6 nitrogen and oxygen atoms in total. The molecule has 0 spiro atoms. The van der Waals surface area contributed by atoms with Crippen LogP contribution >= 0.6 is 0 Å². The van der Waals surface area contributed by atoms with Crippen LogP contribution < -0.4 is 14.8 Å². The number of benzene rings is 3. The van der Waals surface area contributed by atoms with Gasteiger partial charge in [0, 0.05) is 17.7 Å². The molecule has 0 unspecified atom stereocenters. The van der Waals surface area contributed by atoms with Crippen LogP contribution in [0.5, 0.6) is 11.5 Å². The predicted octanol–water partition coefficient (Wildman–Crippen LogP) is 5.48. The van der Waals surface area contributed by atoms with E-state index in [2.05, 4.69) is 10.3 Å². The van der Waals surface area contributed by atoms with E-state index in [0.29, 0.717) is 30.4 Å². The van der Waals surface area contributed by atoms with E-state index in [4.69, 9.17) is 13.9 Å². The molecule has 0 fully saturated rings. The molecule has 1 amide bonds. The molecule has 1 N–H and O–H groups in total. The van der Waals surface area contributed by atoms with Crippen molar-refractivity contribution < 1.29 is 18.7 Å². The number of nitrogens with one attached hydrogen (secondary N) is 1. The molecule has 0 saturated heterocycles. The van der Waals surface area contributed by atoms with Crippen molar-refractivity contribution >= 4 is 5.91 Å². The summed E-state index contributed by atoms with van der Waals surface area (Å²) < 4.78 is 16.9. The number of methoxy groups -OCH3 is 1. The molecular weight excluding hydrogens is 416 g/mol. The Morgan fingerprint density at radius 3 is 2.45 bits per heavy atom. The van der Waals surface area contributed by atoms with E-state index < -0.39 is 0 Å². The number of aryl methyl sites for hydroxylation is 2. The van der Waals surface area contributed by atoms with Gasteiger partial charge >= 0.3 is 0 Å². The fourth-order valence-corrected chi connectivity index (χ4v) is 3.30.